The highest BCUT2D eigenvalue weighted by Crippen LogP contribution is 2.05. The smallest absolute Gasteiger partial charge is 0.244 e. The second kappa shape index (κ2) is 2.00. The molecule has 1 heterocycles. The SMILES string of the molecule is O=C1CC([N+](=O)[O-])[CH]N1. The molecule has 1 saturated heterocycles. The van der Waals surface area contributed by atoms with Crippen LogP contribution >= 0.6 is 0 Å². The van der Waals surface area contributed by atoms with Gasteiger partial charge in [0.05, 0.1) is 6.42 Å². The van der Waals surface area contributed by atoms with Crippen molar-refractivity contribution in [2.24, 2.45) is 0 Å². The molecule has 1 aliphatic rings. The molecule has 0 saturated carbocycles. The molecular formula is C4H5N2O3. The maximum atomic E-state index is 10.3. The summed E-state index contributed by atoms with van der Waals surface area (Å²) in [5.41, 5.74) is 0. The Morgan fingerprint density at radius 2 is 2.56 bits per heavy atom. The molecule has 1 unspecified atom stereocenters. The van der Waals surface area contributed by atoms with Crippen LogP contribution in [0.15, 0.2) is 0 Å². The van der Waals surface area contributed by atoms with Gasteiger partial charge in [0, 0.05) is 4.92 Å². The van der Waals surface area contributed by atoms with Crippen LogP contribution in [0.3, 0.4) is 0 Å². The molecule has 0 aromatic rings. The quantitative estimate of drug-likeness (QED) is 0.376. The number of amides is 1. The summed E-state index contributed by atoms with van der Waals surface area (Å²) < 4.78 is 0. The number of carbonyl (C=O) groups is 1. The number of hydrogen-bond acceptors (Lipinski definition) is 3. The molecule has 1 N–H and O–H groups in total. The van der Waals surface area contributed by atoms with Crippen LogP contribution in [-0.4, -0.2) is 16.9 Å². The first-order chi connectivity index (χ1) is 4.20. The van der Waals surface area contributed by atoms with Gasteiger partial charge in [-0.1, -0.05) is 0 Å². The molecule has 1 amide bonds. The van der Waals surface area contributed by atoms with E-state index >= 15 is 0 Å². The van der Waals surface area contributed by atoms with E-state index in [1.54, 1.807) is 0 Å². The Labute approximate surface area is 51.2 Å². The molecule has 1 aliphatic heterocycles. The van der Waals surface area contributed by atoms with Gasteiger partial charge in [-0.3, -0.25) is 14.9 Å². The molecule has 49 valence electrons. The van der Waals surface area contributed by atoms with E-state index in [1.165, 1.54) is 6.54 Å². The molecule has 5 heteroatoms. The fraction of sp³-hybridized carbons (Fsp3) is 0.500. The number of carbonyl (C=O) groups excluding carboxylic acids is 1. The average Bonchev–Trinajstić information content (AvgIpc) is 2.14. The van der Waals surface area contributed by atoms with E-state index in [4.69, 9.17) is 0 Å². The summed E-state index contributed by atoms with van der Waals surface area (Å²) in [6.07, 6.45) is -0.0208. The topological polar surface area (TPSA) is 72.2 Å². The fourth-order valence-corrected chi connectivity index (χ4v) is 0.632. The Kier molecular flexibility index (Phi) is 1.33. The third kappa shape index (κ3) is 1.16. The third-order valence-corrected chi connectivity index (χ3v) is 1.10. The number of nitrogens with zero attached hydrogens (tertiary/aromatic N) is 1. The molecule has 1 fully saturated rings. The molecule has 1 atom stereocenters. The van der Waals surface area contributed by atoms with E-state index < -0.39 is 11.0 Å². The molecule has 1 rings (SSSR count). The normalized spacial score (nSPS) is 25.8. The first-order valence-corrected chi connectivity index (χ1v) is 2.46. The standard InChI is InChI=1S/C4H5N2O3/c7-4-1-3(2-5-4)6(8)9/h2-3H,1H2,(H,5,7). The number of nitro groups is 1. The van der Waals surface area contributed by atoms with E-state index in [0.29, 0.717) is 0 Å². The molecule has 0 aromatic carbocycles. The second-order valence-corrected chi connectivity index (χ2v) is 1.79. The molecule has 0 aliphatic carbocycles. The van der Waals surface area contributed by atoms with Crippen LogP contribution in [0.2, 0.25) is 0 Å². The van der Waals surface area contributed by atoms with E-state index in [1.807, 2.05) is 0 Å². The van der Waals surface area contributed by atoms with Gasteiger partial charge in [0.15, 0.2) is 0 Å². The fourth-order valence-electron chi connectivity index (χ4n) is 0.632. The number of rotatable bonds is 1. The van der Waals surface area contributed by atoms with E-state index in [-0.39, 0.29) is 12.3 Å². The predicted octanol–water partition coefficient (Wildman–Crippen LogP) is -0.687. The lowest BCUT2D eigenvalue weighted by Crippen LogP contribution is -2.16. The Morgan fingerprint density at radius 3 is 2.78 bits per heavy atom. The monoisotopic (exact) mass is 129 g/mol. The zero-order chi connectivity index (χ0) is 6.85. The van der Waals surface area contributed by atoms with Crippen LogP contribution in [0.5, 0.6) is 0 Å². The average molecular weight is 129 g/mol. The van der Waals surface area contributed by atoms with Crippen LogP contribution in [-0.2, 0) is 4.79 Å². The van der Waals surface area contributed by atoms with Gasteiger partial charge in [-0.05, 0) is 0 Å². The molecule has 0 bridgehead atoms. The van der Waals surface area contributed by atoms with Gasteiger partial charge >= 0.3 is 0 Å². The first-order valence-electron chi connectivity index (χ1n) is 2.46. The lowest BCUT2D eigenvalue weighted by Gasteiger charge is -1.92. The molecule has 5 nitrogen and oxygen atoms in total. The second-order valence-electron chi connectivity index (χ2n) is 1.79. The first kappa shape index (κ1) is 6.00. The van der Waals surface area contributed by atoms with Crippen LogP contribution in [0.25, 0.3) is 0 Å². The summed E-state index contributed by atoms with van der Waals surface area (Å²) >= 11 is 0. The lowest BCUT2D eigenvalue weighted by molar-refractivity contribution is -0.510. The maximum absolute atomic E-state index is 10.3. The van der Waals surface area contributed by atoms with Crippen LogP contribution in [0.4, 0.5) is 0 Å². The van der Waals surface area contributed by atoms with Crippen LogP contribution < -0.4 is 5.32 Å². The van der Waals surface area contributed by atoms with Gasteiger partial charge in [0.2, 0.25) is 11.9 Å². The summed E-state index contributed by atoms with van der Waals surface area (Å²) in [6.45, 7) is 1.20. The summed E-state index contributed by atoms with van der Waals surface area (Å²) in [4.78, 5) is 19.8. The van der Waals surface area contributed by atoms with Gasteiger partial charge < -0.3 is 5.32 Å². The highest BCUT2D eigenvalue weighted by Gasteiger charge is 2.30. The van der Waals surface area contributed by atoms with Crippen molar-refractivity contribution in [3.63, 3.8) is 0 Å². The minimum absolute atomic E-state index is 0.0208. The highest BCUT2D eigenvalue weighted by atomic mass is 16.6. The Morgan fingerprint density at radius 1 is 1.89 bits per heavy atom. The summed E-state index contributed by atoms with van der Waals surface area (Å²) in [5.74, 6) is -0.281. The lowest BCUT2D eigenvalue weighted by atomic mass is 10.3. The van der Waals surface area contributed by atoms with E-state index in [0.717, 1.165) is 0 Å². The van der Waals surface area contributed by atoms with E-state index in [9.17, 15) is 14.9 Å². The molecule has 1 radical (unpaired) electrons. The Hall–Kier alpha value is -1.13. The van der Waals surface area contributed by atoms with Gasteiger partial charge in [-0.25, -0.2) is 0 Å². The zero-order valence-corrected chi connectivity index (χ0v) is 4.53. The van der Waals surface area contributed by atoms with Crippen molar-refractivity contribution in [1.82, 2.24) is 5.32 Å². The zero-order valence-electron chi connectivity index (χ0n) is 4.53. The van der Waals surface area contributed by atoms with Crippen molar-refractivity contribution in [2.45, 2.75) is 12.5 Å². The molecule has 0 spiro atoms. The molecular weight excluding hydrogens is 124 g/mol. The van der Waals surface area contributed by atoms with Crippen molar-refractivity contribution in [2.75, 3.05) is 0 Å². The molecule has 0 aromatic heterocycles. The van der Waals surface area contributed by atoms with Crippen LogP contribution in [0, 0.1) is 16.7 Å². The van der Waals surface area contributed by atoms with Gasteiger partial charge in [-0.2, -0.15) is 0 Å². The minimum atomic E-state index is -0.822. The summed E-state index contributed by atoms with van der Waals surface area (Å²) in [6, 6.07) is -0.822. The Bertz CT molecular complexity index is 156. The van der Waals surface area contributed by atoms with Gasteiger partial charge in [0.25, 0.3) is 0 Å². The third-order valence-electron chi connectivity index (χ3n) is 1.10. The maximum Gasteiger partial charge on any atom is 0.244 e. The summed E-state index contributed by atoms with van der Waals surface area (Å²) in [5, 5.41) is 12.2. The van der Waals surface area contributed by atoms with E-state index in [2.05, 4.69) is 5.32 Å². The number of nitrogens with one attached hydrogen (secondary N) is 1. The summed E-state index contributed by atoms with van der Waals surface area (Å²) in [7, 11) is 0. The van der Waals surface area contributed by atoms with Crippen LogP contribution in [0.1, 0.15) is 6.42 Å². The van der Waals surface area contributed by atoms with Crippen molar-refractivity contribution in [3.05, 3.63) is 16.7 Å². The van der Waals surface area contributed by atoms with Crippen molar-refractivity contribution >= 4 is 5.91 Å². The molecule has 9 heavy (non-hydrogen) atoms. The number of hydrogen-bond donors (Lipinski definition) is 1. The highest BCUT2D eigenvalue weighted by molar-refractivity contribution is 5.79. The Balaban J connectivity index is 2.48. The van der Waals surface area contributed by atoms with Crippen molar-refractivity contribution in [3.8, 4) is 0 Å². The minimum Gasteiger partial charge on any atom is -0.344 e. The largest absolute Gasteiger partial charge is 0.344 e. The van der Waals surface area contributed by atoms with Crippen molar-refractivity contribution in [1.29, 1.82) is 0 Å². The van der Waals surface area contributed by atoms with Crippen molar-refractivity contribution < 1.29 is 9.72 Å². The van der Waals surface area contributed by atoms with Gasteiger partial charge in [-0.15, -0.1) is 0 Å². The predicted molar refractivity (Wildman–Crippen MR) is 27.8 cm³/mol. The van der Waals surface area contributed by atoms with Gasteiger partial charge in [0.1, 0.15) is 6.54 Å².